The molecule has 2 aromatic carbocycles. The number of hydrogen-bond donors (Lipinski definition) is 2. The Hall–Kier alpha value is -1.77. The Kier molecular flexibility index (Phi) is 6.69. The fourth-order valence-corrected chi connectivity index (χ4v) is 3.61. The fourth-order valence-electron chi connectivity index (χ4n) is 2.14. The Bertz CT molecular complexity index is 841. The zero-order chi connectivity index (χ0) is 18.4. The molecule has 134 valence electrons. The molecule has 0 heterocycles. The number of benzene rings is 2. The molecule has 2 aromatic rings. The molecule has 2 rings (SSSR count). The van der Waals surface area contributed by atoms with Crippen LogP contribution in [0.15, 0.2) is 57.9 Å². The van der Waals surface area contributed by atoms with Crippen LogP contribution in [0.25, 0.3) is 0 Å². The molecule has 0 aromatic heterocycles. The summed E-state index contributed by atoms with van der Waals surface area (Å²) >= 11 is 3.23. The summed E-state index contributed by atoms with van der Waals surface area (Å²) in [4.78, 5) is 12.1. The smallest absolute Gasteiger partial charge is 0.241 e. The van der Waals surface area contributed by atoms with Gasteiger partial charge in [-0.05, 0) is 49.2 Å². The molecule has 0 saturated heterocycles. The molecule has 0 aliphatic carbocycles. The van der Waals surface area contributed by atoms with Crippen molar-refractivity contribution in [1.29, 1.82) is 0 Å². The second-order valence-corrected chi connectivity index (χ2v) is 8.06. The molecular weight excluding hydrogens is 411 g/mol. The van der Waals surface area contributed by atoms with Crippen molar-refractivity contribution < 1.29 is 17.6 Å². The van der Waals surface area contributed by atoms with Crippen molar-refractivity contribution in [3.8, 4) is 0 Å². The minimum absolute atomic E-state index is 0.0710. The third-order valence-corrected chi connectivity index (χ3v) is 5.59. The lowest BCUT2D eigenvalue weighted by molar-refractivity contribution is -0.122. The molecule has 1 amide bonds. The van der Waals surface area contributed by atoms with Crippen LogP contribution in [0, 0.1) is 5.82 Å². The van der Waals surface area contributed by atoms with Crippen LogP contribution in [0.1, 0.15) is 12.5 Å². The van der Waals surface area contributed by atoms with Crippen LogP contribution in [0.2, 0.25) is 0 Å². The van der Waals surface area contributed by atoms with Gasteiger partial charge >= 0.3 is 0 Å². The summed E-state index contributed by atoms with van der Waals surface area (Å²) in [6.07, 6.45) is 0.324. The van der Waals surface area contributed by atoms with E-state index < -0.39 is 22.0 Å². The van der Waals surface area contributed by atoms with E-state index in [1.807, 2.05) is 0 Å². The van der Waals surface area contributed by atoms with E-state index >= 15 is 0 Å². The van der Waals surface area contributed by atoms with Gasteiger partial charge in [-0.2, -0.15) is 4.72 Å². The molecule has 25 heavy (non-hydrogen) atoms. The quantitative estimate of drug-likeness (QED) is 0.711. The summed E-state index contributed by atoms with van der Waals surface area (Å²) in [6.45, 7) is 1.67. The first-order valence-corrected chi connectivity index (χ1v) is 9.86. The average molecular weight is 429 g/mol. The van der Waals surface area contributed by atoms with Crippen LogP contribution in [-0.2, 0) is 21.2 Å². The van der Waals surface area contributed by atoms with E-state index in [1.165, 1.54) is 25.1 Å². The van der Waals surface area contributed by atoms with Crippen LogP contribution >= 0.6 is 15.9 Å². The molecule has 5 nitrogen and oxygen atoms in total. The van der Waals surface area contributed by atoms with Gasteiger partial charge < -0.3 is 5.32 Å². The predicted octanol–water partition coefficient (Wildman–Crippen LogP) is 2.61. The number of amides is 1. The fraction of sp³-hybridized carbons (Fsp3) is 0.235. The first-order chi connectivity index (χ1) is 11.8. The highest BCUT2D eigenvalue weighted by molar-refractivity contribution is 9.10. The zero-order valence-electron chi connectivity index (χ0n) is 13.5. The van der Waals surface area contributed by atoms with Crippen molar-refractivity contribution in [1.82, 2.24) is 10.0 Å². The normalized spacial score (nSPS) is 12.6. The number of halogens is 2. The van der Waals surface area contributed by atoms with Gasteiger partial charge in [0.25, 0.3) is 0 Å². The van der Waals surface area contributed by atoms with Gasteiger partial charge in [-0.3, -0.25) is 4.79 Å². The third kappa shape index (κ3) is 5.62. The number of carbonyl (C=O) groups excluding carboxylic acids is 1. The number of sulfonamides is 1. The Morgan fingerprint density at radius 1 is 1.16 bits per heavy atom. The number of carbonyl (C=O) groups is 1. The summed E-state index contributed by atoms with van der Waals surface area (Å²) < 4.78 is 41.1. The summed E-state index contributed by atoms with van der Waals surface area (Å²) in [5, 5.41) is 2.60. The van der Waals surface area contributed by atoms with Crippen molar-refractivity contribution in [2.75, 3.05) is 6.54 Å². The van der Waals surface area contributed by atoms with Crippen molar-refractivity contribution in [2.45, 2.75) is 24.3 Å². The maximum atomic E-state index is 13.5. The van der Waals surface area contributed by atoms with Crippen LogP contribution < -0.4 is 10.0 Å². The molecule has 0 radical (unpaired) electrons. The molecule has 0 unspecified atom stereocenters. The molecule has 0 saturated carbocycles. The minimum atomic E-state index is -3.80. The predicted molar refractivity (Wildman–Crippen MR) is 97.0 cm³/mol. The highest BCUT2D eigenvalue weighted by atomic mass is 79.9. The second kappa shape index (κ2) is 8.55. The van der Waals surface area contributed by atoms with E-state index in [2.05, 4.69) is 26.0 Å². The van der Waals surface area contributed by atoms with E-state index in [0.717, 1.165) is 4.47 Å². The van der Waals surface area contributed by atoms with Gasteiger partial charge in [-0.1, -0.05) is 34.1 Å². The monoisotopic (exact) mass is 428 g/mol. The lowest BCUT2D eigenvalue weighted by Gasteiger charge is -2.14. The molecule has 0 spiro atoms. The molecule has 8 heteroatoms. The molecule has 0 bridgehead atoms. The first kappa shape index (κ1) is 19.6. The highest BCUT2D eigenvalue weighted by Crippen LogP contribution is 2.14. The minimum Gasteiger partial charge on any atom is -0.354 e. The van der Waals surface area contributed by atoms with Crippen LogP contribution in [0.5, 0.6) is 0 Å². The Morgan fingerprint density at radius 3 is 2.44 bits per heavy atom. The van der Waals surface area contributed by atoms with E-state index in [4.69, 9.17) is 0 Å². The highest BCUT2D eigenvalue weighted by Gasteiger charge is 2.21. The van der Waals surface area contributed by atoms with Gasteiger partial charge in [0.2, 0.25) is 15.9 Å². The van der Waals surface area contributed by atoms with Crippen LogP contribution in [0.4, 0.5) is 4.39 Å². The van der Waals surface area contributed by atoms with Crippen molar-refractivity contribution in [3.63, 3.8) is 0 Å². The third-order valence-electron chi connectivity index (χ3n) is 3.50. The van der Waals surface area contributed by atoms with Gasteiger partial charge in [-0.15, -0.1) is 0 Å². The van der Waals surface area contributed by atoms with Gasteiger partial charge in [0, 0.05) is 11.0 Å². The lowest BCUT2D eigenvalue weighted by atomic mass is 10.1. The topological polar surface area (TPSA) is 75.3 Å². The summed E-state index contributed by atoms with van der Waals surface area (Å²) in [7, 11) is -3.80. The van der Waals surface area contributed by atoms with E-state index in [1.54, 1.807) is 30.3 Å². The van der Waals surface area contributed by atoms with Crippen molar-refractivity contribution in [3.05, 3.63) is 64.4 Å². The second-order valence-electron chi connectivity index (χ2n) is 5.43. The van der Waals surface area contributed by atoms with Crippen molar-refractivity contribution >= 4 is 31.9 Å². The standard InChI is InChI=1S/C17H18BrFN2O3S/c1-12(21-25(23,24)15-8-6-14(18)7-9-15)17(22)20-11-10-13-4-2-3-5-16(13)19/h2-9,12,21H,10-11H2,1H3,(H,20,22)/t12-/m1/s1. The summed E-state index contributed by atoms with van der Waals surface area (Å²) in [5.41, 5.74) is 0.492. The van der Waals surface area contributed by atoms with Gasteiger partial charge in [-0.25, -0.2) is 12.8 Å². The van der Waals surface area contributed by atoms with Gasteiger partial charge in [0.05, 0.1) is 10.9 Å². The Balaban J connectivity index is 1.89. The van der Waals surface area contributed by atoms with Crippen LogP contribution in [0.3, 0.4) is 0 Å². The maximum absolute atomic E-state index is 13.5. The molecule has 2 N–H and O–H groups in total. The number of nitrogens with one attached hydrogen (secondary N) is 2. The number of hydrogen-bond acceptors (Lipinski definition) is 3. The molecule has 0 aliphatic rings. The van der Waals surface area contributed by atoms with E-state index in [9.17, 15) is 17.6 Å². The van der Waals surface area contributed by atoms with Crippen LogP contribution in [-0.4, -0.2) is 26.9 Å². The zero-order valence-corrected chi connectivity index (χ0v) is 15.9. The van der Waals surface area contributed by atoms with Gasteiger partial charge in [0.1, 0.15) is 5.82 Å². The lowest BCUT2D eigenvalue weighted by Crippen LogP contribution is -2.45. The molecule has 0 fully saturated rings. The number of rotatable bonds is 7. The van der Waals surface area contributed by atoms with Crippen molar-refractivity contribution in [2.24, 2.45) is 0 Å². The largest absolute Gasteiger partial charge is 0.354 e. The molecular formula is C17H18BrFN2O3S. The summed E-state index contributed by atoms with van der Waals surface area (Å²) in [5.74, 6) is -0.808. The Labute approximate surface area is 154 Å². The van der Waals surface area contributed by atoms with Gasteiger partial charge in [0.15, 0.2) is 0 Å². The average Bonchev–Trinajstić information content (AvgIpc) is 2.56. The maximum Gasteiger partial charge on any atom is 0.241 e. The molecule has 0 aliphatic heterocycles. The van der Waals surface area contributed by atoms with E-state index in [-0.39, 0.29) is 17.3 Å². The molecule has 1 atom stereocenters. The Morgan fingerprint density at radius 2 is 1.80 bits per heavy atom. The SMILES string of the molecule is C[C@@H](NS(=O)(=O)c1ccc(Br)cc1)C(=O)NCCc1ccccc1F. The summed E-state index contributed by atoms with van der Waals surface area (Å²) in [6, 6.07) is 11.4. The van der Waals surface area contributed by atoms with E-state index in [0.29, 0.717) is 12.0 Å². The first-order valence-electron chi connectivity index (χ1n) is 7.58.